The van der Waals surface area contributed by atoms with E-state index in [2.05, 4.69) is 0 Å². The molecule has 0 heterocycles. The molecule has 0 saturated heterocycles. The second-order valence-corrected chi connectivity index (χ2v) is 3.21. The van der Waals surface area contributed by atoms with Gasteiger partial charge in [-0.15, -0.1) is 0 Å². The summed E-state index contributed by atoms with van der Waals surface area (Å²) in [4.78, 5) is 22.1. The van der Waals surface area contributed by atoms with Gasteiger partial charge < -0.3 is 4.74 Å². The molecule has 0 spiro atoms. The lowest BCUT2D eigenvalue weighted by Gasteiger charge is -2.06. The van der Waals surface area contributed by atoms with Gasteiger partial charge >= 0.3 is 5.97 Å². The molecule has 0 aliphatic heterocycles. The number of hydrogen-bond donors (Lipinski definition) is 0. The average Bonchev–Trinajstić information content (AvgIpc) is 2.31. The van der Waals surface area contributed by atoms with Crippen molar-refractivity contribution in [2.24, 2.45) is 0 Å². The van der Waals surface area contributed by atoms with Gasteiger partial charge in [-0.1, -0.05) is 6.07 Å². The summed E-state index contributed by atoms with van der Waals surface area (Å²) in [5.74, 6) is -1.30. The number of nitriles is 1. The Labute approximate surface area is 97.6 Å². The summed E-state index contributed by atoms with van der Waals surface area (Å²) in [5, 5.41) is 8.73. The molecule has 0 aliphatic carbocycles. The van der Waals surface area contributed by atoms with Crippen molar-refractivity contribution in [1.29, 1.82) is 5.26 Å². The first kappa shape index (κ1) is 12.8. The minimum absolute atomic E-state index is 0.0967. The number of aldehydes is 1. The quantitative estimate of drug-likeness (QED) is 0.587. The van der Waals surface area contributed by atoms with Crippen molar-refractivity contribution in [3.05, 3.63) is 34.6 Å². The van der Waals surface area contributed by atoms with E-state index in [1.165, 1.54) is 6.07 Å². The molecule has 0 aliphatic rings. The van der Waals surface area contributed by atoms with E-state index in [4.69, 9.17) is 10.00 Å². The van der Waals surface area contributed by atoms with Crippen LogP contribution in [0.5, 0.6) is 0 Å². The molecule has 0 amide bonds. The Hall–Kier alpha value is -2.22. The molecule has 5 heteroatoms. The Morgan fingerprint density at radius 1 is 1.59 bits per heavy atom. The second-order valence-electron chi connectivity index (χ2n) is 3.21. The maximum absolute atomic E-state index is 13.2. The molecule has 0 saturated carbocycles. The molecule has 0 fully saturated rings. The Balaban J connectivity index is 3.13. The number of carbonyl (C=O) groups is 2. The molecule has 88 valence electrons. The molecule has 0 radical (unpaired) electrons. The zero-order chi connectivity index (χ0) is 12.8. The van der Waals surface area contributed by atoms with Crippen LogP contribution in [0.3, 0.4) is 0 Å². The summed E-state index contributed by atoms with van der Waals surface area (Å²) in [6.45, 7) is 1.88. The van der Waals surface area contributed by atoms with Gasteiger partial charge in [0, 0.05) is 5.56 Å². The van der Waals surface area contributed by atoms with E-state index >= 15 is 0 Å². The first-order chi connectivity index (χ1) is 8.13. The van der Waals surface area contributed by atoms with Crippen molar-refractivity contribution in [1.82, 2.24) is 0 Å². The van der Waals surface area contributed by atoms with E-state index in [0.29, 0.717) is 6.29 Å². The van der Waals surface area contributed by atoms with E-state index in [-0.39, 0.29) is 29.7 Å². The highest BCUT2D eigenvalue weighted by Crippen LogP contribution is 2.17. The summed E-state index contributed by atoms with van der Waals surface area (Å²) in [5.41, 5.74) is -0.154. The van der Waals surface area contributed by atoms with Crippen LogP contribution >= 0.6 is 0 Å². The molecule has 1 aromatic rings. The summed E-state index contributed by atoms with van der Waals surface area (Å²) in [6, 6.07) is 3.96. The number of carbonyl (C=O) groups excluding carboxylic acids is 2. The minimum atomic E-state index is -0.776. The van der Waals surface area contributed by atoms with E-state index in [1.54, 1.807) is 13.0 Å². The topological polar surface area (TPSA) is 67.2 Å². The molecule has 4 nitrogen and oxygen atoms in total. The van der Waals surface area contributed by atoms with Crippen LogP contribution in [0, 0.1) is 17.1 Å². The fourth-order valence-corrected chi connectivity index (χ4v) is 1.41. The van der Waals surface area contributed by atoms with Gasteiger partial charge in [0.05, 0.1) is 18.6 Å². The SMILES string of the molecule is CCOC(=O)Cc1ccc(F)c(C#N)c1C=O. The summed E-state index contributed by atoms with van der Waals surface area (Å²) in [7, 11) is 0. The third kappa shape index (κ3) is 2.88. The van der Waals surface area contributed by atoms with Gasteiger partial charge in [0.2, 0.25) is 0 Å². The van der Waals surface area contributed by atoms with Gasteiger partial charge in [0.1, 0.15) is 11.9 Å². The fraction of sp³-hybridized carbons (Fsp3) is 0.250. The van der Waals surface area contributed by atoms with E-state index in [0.717, 1.165) is 6.07 Å². The van der Waals surface area contributed by atoms with Gasteiger partial charge in [0.15, 0.2) is 6.29 Å². The maximum atomic E-state index is 13.2. The number of nitrogens with zero attached hydrogens (tertiary/aromatic N) is 1. The van der Waals surface area contributed by atoms with Gasteiger partial charge in [0.25, 0.3) is 0 Å². The van der Waals surface area contributed by atoms with Gasteiger partial charge in [-0.2, -0.15) is 5.26 Å². The number of benzene rings is 1. The minimum Gasteiger partial charge on any atom is -0.466 e. The molecule has 0 aromatic heterocycles. The molecule has 17 heavy (non-hydrogen) atoms. The number of hydrogen-bond acceptors (Lipinski definition) is 4. The molecule has 0 N–H and O–H groups in total. The van der Waals surface area contributed by atoms with E-state index in [1.807, 2.05) is 0 Å². The predicted octanol–water partition coefficient (Wildman–Crippen LogP) is 1.62. The van der Waals surface area contributed by atoms with Crippen molar-refractivity contribution in [2.75, 3.05) is 6.61 Å². The monoisotopic (exact) mass is 235 g/mol. The highest BCUT2D eigenvalue weighted by molar-refractivity contribution is 5.84. The molecule has 0 unspecified atom stereocenters. The highest BCUT2D eigenvalue weighted by atomic mass is 19.1. The van der Waals surface area contributed by atoms with E-state index in [9.17, 15) is 14.0 Å². The van der Waals surface area contributed by atoms with Crippen LogP contribution in [0.25, 0.3) is 0 Å². The molecule has 0 atom stereocenters. The van der Waals surface area contributed by atoms with Crippen LogP contribution in [0.1, 0.15) is 28.4 Å². The van der Waals surface area contributed by atoms with Crippen molar-refractivity contribution >= 4 is 12.3 Å². The second kappa shape index (κ2) is 5.75. The number of esters is 1. The number of ether oxygens (including phenoxy) is 1. The Morgan fingerprint density at radius 2 is 2.29 bits per heavy atom. The third-order valence-corrected chi connectivity index (χ3v) is 2.15. The third-order valence-electron chi connectivity index (χ3n) is 2.15. The van der Waals surface area contributed by atoms with Crippen LogP contribution < -0.4 is 0 Å². The van der Waals surface area contributed by atoms with Crippen molar-refractivity contribution in [3.63, 3.8) is 0 Å². The van der Waals surface area contributed by atoms with Crippen LogP contribution in [0.4, 0.5) is 4.39 Å². The fourth-order valence-electron chi connectivity index (χ4n) is 1.41. The zero-order valence-electron chi connectivity index (χ0n) is 9.20. The molecule has 1 rings (SSSR count). The van der Waals surface area contributed by atoms with Gasteiger partial charge in [-0.3, -0.25) is 9.59 Å². The van der Waals surface area contributed by atoms with Crippen LogP contribution in [-0.2, 0) is 16.0 Å². The molecule has 1 aromatic carbocycles. The molecular formula is C12H10FNO3. The molecular weight excluding hydrogens is 225 g/mol. The standard InChI is InChI=1S/C12H10FNO3/c1-2-17-12(16)5-8-3-4-11(13)9(6-14)10(8)7-15/h3-4,7H,2,5H2,1H3. The van der Waals surface area contributed by atoms with Gasteiger partial charge in [-0.05, 0) is 18.6 Å². The maximum Gasteiger partial charge on any atom is 0.310 e. The van der Waals surface area contributed by atoms with Crippen LogP contribution in [0.15, 0.2) is 12.1 Å². The average molecular weight is 235 g/mol. The number of halogens is 1. The lowest BCUT2D eigenvalue weighted by molar-refractivity contribution is -0.142. The highest BCUT2D eigenvalue weighted by Gasteiger charge is 2.15. The van der Waals surface area contributed by atoms with E-state index < -0.39 is 11.8 Å². The van der Waals surface area contributed by atoms with Crippen molar-refractivity contribution in [2.45, 2.75) is 13.3 Å². The van der Waals surface area contributed by atoms with Gasteiger partial charge in [-0.25, -0.2) is 4.39 Å². The number of rotatable bonds is 4. The largest absolute Gasteiger partial charge is 0.466 e. The first-order valence-corrected chi connectivity index (χ1v) is 4.96. The summed E-state index contributed by atoms with van der Waals surface area (Å²) >= 11 is 0. The Kier molecular flexibility index (Phi) is 4.35. The summed E-state index contributed by atoms with van der Waals surface area (Å²) < 4.78 is 17.9. The Morgan fingerprint density at radius 3 is 2.82 bits per heavy atom. The smallest absolute Gasteiger partial charge is 0.310 e. The van der Waals surface area contributed by atoms with Crippen molar-refractivity contribution in [3.8, 4) is 6.07 Å². The lowest BCUT2D eigenvalue weighted by Crippen LogP contribution is -2.10. The summed E-state index contributed by atoms with van der Waals surface area (Å²) in [6.07, 6.45) is 0.215. The molecule has 0 bridgehead atoms. The Bertz CT molecular complexity index is 491. The normalized spacial score (nSPS) is 9.47. The lowest BCUT2D eigenvalue weighted by atomic mass is 10.00. The van der Waals surface area contributed by atoms with Crippen molar-refractivity contribution < 1.29 is 18.7 Å². The zero-order valence-corrected chi connectivity index (χ0v) is 9.20. The van der Waals surface area contributed by atoms with Crippen LogP contribution in [-0.4, -0.2) is 18.9 Å². The predicted molar refractivity (Wildman–Crippen MR) is 56.8 cm³/mol. The first-order valence-electron chi connectivity index (χ1n) is 4.96. The van der Waals surface area contributed by atoms with Crippen LogP contribution in [0.2, 0.25) is 0 Å².